The summed E-state index contributed by atoms with van der Waals surface area (Å²) in [5.41, 5.74) is 0.898. The predicted molar refractivity (Wildman–Crippen MR) is 119 cm³/mol. The average molecular weight is 441 g/mol. The summed E-state index contributed by atoms with van der Waals surface area (Å²) in [5, 5.41) is 2.74. The number of carbonyl (C=O) groups excluding carboxylic acids is 3. The van der Waals surface area contributed by atoms with Gasteiger partial charge in [-0.05, 0) is 44.2 Å². The van der Waals surface area contributed by atoms with Gasteiger partial charge in [-0.1, -0.05) is 6.07 Å². The Bertz CT molecular complexity index is 989. The van der Waals surface area contributed by atoms with Gasteiger partial charge in [-0.25, -0.2) is 0 Å². The molecule has 1 aliphatic heterocycles. The fourth-order valence-corrected chi connectivity index (χ4v) is 3.30. The fourth-order valence-electron chi connectivity index (χ4n) is 3.30. The van der Waals surface area contributed by atoms with Crippen LogP contribution in [0.2, 0.25) is 0 Å². The lowest BCUT2D eigenvalue weighted by Gasteiger charge is -2.31. The number of methoxy groups -OCH3 is 1. The first kappa shape index (κ1) is 22.9. The summed E-state index contributed by atoms with van der Waals surface area (Å²) >= 11 is 0. The van der Waals surface area contributed by atoms with Crippen molar-refractivity contribution >= 4 is 29.1 Å². The van der Waals surface area contributed by atoms with E-state index in [2.05, 4.69) is 5.32 Å². The molecule has 32 heavy (non-hydrogen) atoms. The van der Waals surface area contributed by atoms with Gasteiger partial charge in [-0.2, -0.15) is 0 Å². The first-order valence-electron chi connectivity index (χ1n) is 10.4. The second-order valence-corrected chi connectivity index (χ2v) is 7.03. The summed E-state index contributed by atoms with van der Waals surface area (Å²) < 4.78 is 16.1. The molecule has 170 valence electrons. The Morgan fingerprint density at radius 1 is 1.12 bits per heavy atom. The third-order valence-electron chi connectivity index (χ3n) is 5.01. The Hall–Kier alpha value is -3.75. The zero-order valence-electron chi connectivity index (χ0n) is 18.4. The molecule has 2 aromatic rings. The van der Waals surface area contributed by atoms with Crippen molar-refractivity contribution in [2.45, 2.75) is 13.8 Å². The lowest BCUT2D eigenvalue weighted by atomic mass is 10.2. The van der Waals surface area contributed by atoms with Crippen molar-refractivity contribution in [2.24, 2.45) is 0 Å². The molecule has 9 heteroatoms. The molecule has 0 saturated carbocycles. The van der Waals surface area contributed by atoms with Gasteiger partial charge in [0, 0.05) is 24.8 Å². The zero-order valence-corrected chi connectivity index (χ0v) is 18.4. The van der Waals surface area contributed by atoms with E-state index in [0.29, 0.717) is 41.7 Å². The molecule has 1 heterocycles. The van der Waals surface area contributed by atoms with Crippen molar-refractivity contribution in [1.29, 1.82) is 0 Å². The first-order valence-corrected chi connectivity index (χ1v) is 10.4. The molecular formula is C23H27N3O6. The van der Waals surface area contributed by atoms with Crippen LogP contribution >= 0.6 is 0 Å². The number of carbonyl (C=O) groups is 3. The van der Waals surface area contributed by atoms with Crippen LogP contribution in [0.1, 0.15) is 13.8 Å². The molecule has 0 aliphatic carbocycles. The van der Waals surface area contributed by atoms with Crippen molar-refractivity contribution < 1.29 is 28.6 Å². The van der Waals surface area contributed by atoms with Crippen molar-refractivity contribution in [3.05, 3.63) is 42.5 Å². The fraction of sp³-hybridized carbons (Fsp3) is 0.348. The summed E-state index contributed by atoms with van der Waals surface area (Å²) in [6.07, 6.45) is 0. The second-order valence-electron chi connectivity index (χ2n) is 7.03. The van der Waals surface area contributed by atoms with Crippen LogP contribution in [0.4, 0.5) is 11.4 Å². The van der Waals surface area contributed by atoms with Gasteiger partial charge in [-0.15, -0.1) is 0 Å². The monoisotopic (exact) mass is 441 g/mol. The van der Waals surface area contributed by atoms with Crippen LogP contribution < -0.4 is 24.4 Å². The number of nitrogens with zero attached hydrogens (tertiary/aromatic N) is 2. The van der Waals surface area contributed by atoms with E-state index in [-0.39, 0.29) is 37.5 Å². The summed E-state index contributed by atoms with van der Waals surface area (Å²) in [5.74, 6) is 0.760. The summed E-state index contributed by atoms with van der Waals surface area (Å²) in [6, 6.07) is 11.9. The van der Waals surface area contributed by atoms with Crippen LogP contribution in [-0.4, -0.2) is 62.6 Å². The zero-order chi connectivity index (χ0) is 23.1. The van der Waals surface area contributed by atoms with Crippen molar-refractivity contribution in [1.82, 2.24) is 4.90 Å². The Balaban J connectivity index is 1.69. The molecule has 0 aromatic heterocycles. The molecule has 0 unspecified atom stereocenters. The summed E-state index contributed by atoms with van der Waals surface area (Å²) in [4.78, 5) is 40.4. The maximum absolute atomic E-state index is 12.6. The third-order valence-corrected chi connectivity index (χ3v) is 5.01. The number of hydrogen-bond acceptors (Lipinski definition) is 6. The number of benzene rings is 2. The maximum atomic E-state index is 12.6. The van der Waals surface area contributed by atoms with E-state index >= 15 is 0 Å². The molecular weight excluding hydrogens is 414 g/mol. The Morgan fingerprint density at radius 3 is 2.59 bits per heavy atom. The van der Waals surface area contributed by atoms with E-state index in [9.17, 15) is 14.4 Å². The quantitative estimate of drug-likeness (QED) is 0.641. The van der Waals surface area contributed by atoms with Gasteiger partial charge in [0.15, 0.2) is 13.2 Å². The number of ether oxygens (including phenoxy) is 3. The van der Waals surface area contributed by atoms with Gasteiger partial charge >= 0.3 is 0 Å². The highest BCUT2D eigenvalue weighted by atomic mass is 16.5. The maximum Gasteiger partial charge on any atom is 0.265 e. The minimum Gasteiger partial charge on any atom is -0.497 e. The molecule has 0 fully saturated rings. The Morgan fingerprint density at radius 2 is 1.88 bits per heavy atom. The molecule has 1 N–H and O–H groups in total. The highest BCUT2D eigenvalue weighted by molar-refractivity contribution is 6.03. The van der Waals surface area contributed by atoms with E-state index in [1.165, 1.54) is 4.90 Å². The lowest BCUT2D eigenvalue weighted by Crippen LogP contribution is -2.46. The highest BCUT2D eigenvalue weighted by Gasteiger charge is 2.29. The van der Waals surface area contributed by atoms with Gasteiger partial charge in [0.05, 0.1) is 12.8 Å². The van der Waals surface area contributed by atoms with E-state index in [1.54, 1.807) is 54.5 Å². The van der Waals surface area contributed by atoms with Crippen molar-refractivity contribution in [2.75, 3.05) is 50.2 Å². The number of hydrogen-bond donors (Lipinski definition) is 1. The molecule has 0 atom stereocenters. The van der Waals surface area contributed by atoms with Gasteiger partial charge < -0.3 is 24.4 Å². The number of likely N-dealkylation sites (N-methyl/N-ethyl adjacent to an activating group) is 1. The molecule has 3 amide bonds. The van der Waals surface area contributed by atoms with Crippen LogP contribution in [-0.2, 0) is 14.4 Å². The van der Waals surface area contributed by atoms with Crippen LogP contribution in [0.15, 0.2) is 42.5 Å². The number of fused-ring (bicyclic) bond motifs is 1. The van der Waals surface area contributed by atoms with Crippen LogP contribution in [0.25, 0.3) is 0 Å². The van der Waals surface area contributed by atoms with E-state index in [1.807, 2.05) is 13.8 Å². The van der Waals surface area contributed by atoms with E-state index in [0.717, 1.165) is 0 Å². The number of amides is 3. The largest absolute Gasteiger partial charge is 0.497 e. The molecule has 0 radical (unpaired) electrons. The lowest BCUT2D eigenvalue weighted by molar-refractivity contribution is -0.131. The van der Waals surface area contributed by atoms with Gasteiger partial charge in [0.2, 0.25) is 5.91 Å². The summed E-state index contributed by atoms with van der Waals surface area (Å²) in [6.45, 7) is 4.46. The average Bonchev–Trinajstić information content (AvgIpc) is 2.80. The molecule has 9 nitrogen and oxygen atoms in total. The normalized spacial score (nSPS) is 12.5. The number of rotatable bonds is 9. The van der Waals surface area contributed by atoms with Crippen LogP contribution in [0.5, 0.6) is 17.2 Å². The minimum atomic E-state index is -0.374. The molecule has 0 spiro atoms. The van der Waals surface area contributed by atoms with Crippen molar-refractivity contribution in [3.63, 3.8) is 0 Å². The van der Waals surface area contributed by atoms with Gasteiger partial charge in [-0.3, -0.25) is 19.3 Å². The topological polar surface area (TPSA) is 97.4 Å². The highest BCUT2D eigenvalue weighted by Crippen LogP contribution is 2.34. The number of anilines is 2. The van der Waals surface area contributed by atoms with Crippen molar-refractivity contribution in [3.8, 4) is 17.2 Å². The molecule has 3 rings (SSSR count). The predicted octanol–water partition coefficient (Wildman–Crippen LogP) is 2.31. The molecule has 0 bridgehead atoms. The SMILES string of the molecule is CCN(CC)C(=O)CN1C(=O)COc2ccc(NC(=O)COc3cccc(OC)c3)cc21. The first-order chi connectivity index (χ1) is 15.4. The summed E-state index contributed by atoms with van der Waals surface area (Å²) in [7, 11) is 1.55. The second kappa shape index (κ2) is 10.5. The van der Waals surface area contributed by atoms with E-state index in [4.69, 9.17) is 14.2 Å². The minimum absolute atomic E-state index is 0.0901. The van der Waals surface area contributed by atoms with Gasteiger partial charge in [0.25, 0.3) is 11.8 Å². The number of nitrogens with one attached hydrogen (secondary N) is 1. The smallest absolute Gasteiger partial charge is 0.265 e. The Labute approximate surface area is 186 Å². The van der Waals surface area contributed by atoms with Gasteiger partial charge in [0.1, 0.15) is 23.8 Å². The standard InChI is InChI=1S/C23H27N3O6/c1-4-25(5-2)22(28)13-26-19-11-16(9-10-20(19)32-15-23(26)29)24-21(27)14-31-18-8-6-7-17(12-18)30-3/h6-12H,4-5,13-15H2,1-3H3,(H,24,27). The third kappa shape index (κ3) is 5.48. The van der Waals surface area contributed by atoms with Crippen LogP contribution in [0.3, 0.4) is 0 Å². The van der Waals surface area contributed by atoms with Crippen LogP contribution in [0, 0.1) is 0 Å². The Kier molecular flexibility index (Phi) is 7.54. The molecule has 2 aromatic carbocycles. The molecule has 1 aliphatic rings. The van der Waals surface area contributed by atoms with E-state index < -0.39 is 0 Å². The molecule has 0 saturated heterocycles.